The van der Waals surface area contributed by atoms with E-state index in [0.29, 0.717) is 18.9 Å². The molecule has 35 heavy (non-hydrogen) atoms. The number of fused-ring (bicyclic) bond motifs is 3. The van der Waals surface area contributed by atoms with E-state index in [1.54, 1.807) is 0 Å². The van der Waals surface area contributed by atoms with Crippen LogP contribution in [0.1, 0.15) is 64.5 Å². The first-order valence-electron chi connectivity index (χ1n) is 13.4. The van der Waals surface area contributed by atoms with Crippen LogP contribution in [-0.2, 0) is 0 Å². The zero-order valence-corrected chi connectivity index (χ0v) is 22.1. The van der Waals surface area contributed by atoms with Crippen molar-refractivity contribution in [3.63, 3.8) is 0 Å². The summed E-state index contributed by atoms with van der Waals surface area (Å²) in [7, 11) is 0. The molecule has 0 aliphatic heterocycles. The second kappa shape index (κ2) is 14.1. The molecule has 0 aromatic heterocycles. The van der Waals surface area contributed by atoms with Crippen LogP contribution in [0.4, 0.5) is 0 Å². The zero-order chi connectivity index (χ0) is 25.0. The largest absolute Gasteiger partial charge is 0.494 e. The standard InChI is InChI=1S/C29H43N3O3/c1-5-31(6-2)17-9-11-19-34-23-13-15-25-26-16-14-24(22-28(26)29(30-33)27(25)21-23)35-20-12-10-18-32(7-3)8-4/h13-16,21-22,33H,5-12,17-20H2,1-4H3. The molecule has 0 saturated carbocycles. The first-order valence-corrected chi connectivity index (χ1v) is 13.4. The molecular formula is C29H43N3O3. The van der Waals surface area contributed by atoms with Gasteiger partial charge in [-0.2, -0.15) is 0 Å². The molecule has 1 aliphatic carbocycles. The SMILES string of the molecule is CCN(CC)CCCCOc1ccc2c(c1)C(=NO)c1cc(OCCCCN(CC)CC)ccc1-2. The van der Waals surface area contributed by atoms with Gasteiger partial charge in [-0.25, -0.2) is 0 Å². The topological polar surface area (TPSA) is 57.5 Å². The van der Waals surface area contributed by atoms with Gasteiger partial charge in [-0.3, -0.25) is 0 Å². The smallest absolute Gasteiger partial charge is 0.120 e. The third kappa shape index (κ3) is 7.21. The molecule has 0 spiro atoms. The van der Waals surface area contributed by atoms with Crippen molar-refractivity contribution in [3.8, 4) is 22.6 Å². The number of hydrogen-bond acceptors (Lipinski definition) is 6. The average Bonchev–Trinajstić information content (AvgIpc) is 3.20. The highest BCUT2D eigenvalue weighted by Crippen LogP contribution is 2.40. The Morgan fingerprint density at radius 3 is 1.43 bits per heavy atom. The minimum absolute atomic E-state index is 0.578. The van der Waals surface area contributed by atoms with Crippen molar-refractivity contribution in [2.24, 2.45) is 5.16 Å². The van der Waals surface area contributed by atoms with Crippen LogP contribution >= 0.6 is 0 Å². The Kier molecular flexibility index (Phi) is 10.9. The third-order valence-corrected chi connectivity index (χ3v) is 6.95. The van der Waals surface area contributed by atoms with Crippen molar-refractivity contribution in [2.45, 2.75) is 53.4 Å². The second-order valence-electron chi connectivity index (χ2n) is 9.03. The normalized spacial score (nSPS) is 12.2. The van der Waals surface area contributed by atoms with E-state index < -0.39 is 0 Å². The number of unbranched alkanes of at least 4 members (excludes halogenated alkanes) is 2. The van der Waals surface area contributed by atoms with Crippen LogP contribution in [0, 0.1) is 0 Å². The lowest BCUT2D eigenvalue weighted by molar-refractivity contribution is 0.266. The highest BCUT2D eigenvalue weighted by molar-refractivity contribution is 6.24. The summed E-state index contributed by atoms with van der Waals surface area (Å²) in [5, 5.41) is 13.5. The van der Waals surface area contributed by atoms with Crippen LogP contribution in [0.5, 0.6) is 11.5 Å². The van der Waals surface area contributed by atoms with Crippen LogP contribution in [0.25, 0.3) is 11.1 Å². The molecule has 0 radical (unpaired) electrons. The quantitative estimate of drug-likeness (QED) is 0.157. The molecule has 6 heteroatoms. The van der Waals surface area contributed by atoms with Crippen LogP contribution < -0.4 is 9.47 Å². The molecule has 0 amide bonds. The summed E-state index contributed by atoms with van der Waals surface area (Å²) in [6, 6.07) is 12.1. The summed E-state index contributed by atoms with van der Waals surface area (Å²) in [5.41, 5.74) is 4.51. The fourth-order valence-corrected chi connectivity index (χ4v) is 4.68. The summed E-state index contributed by atoms with van der Waals surface area (Å²) >= 11 is 0. The molecule has 6 nitrogen and oxygen atoms in total. The summed E-state index contributed by atoms with van der Waals surface area (Å²) in [4.78, 5) is 4.86. The fraction of sp³-hybridized carbons (Fsp3) is 0.552. The van der Waals surface area contributed by atoms with E-state index in [1.165, 1.54) is 0 Å². The van der Waals surface area contributed by atoms with Gasteiger partial charge in [0.2, 0.25) is 0 Å². The van der Waals surface area contributed by atoms with Gasteiger partial charge in [-0.1, -0.05) is 32.9 Å². The summed E-state index contributed by atoms with van der Waals surface area (Å²) in [6.45, 7) is 16.8. The minimum atomic E-state index is 0.578. The number of nitrogens with zero attached hydrogens (tertiary/aromatic N) is 3. The summed E-state index contributed by atoms with van der Waals surface area (Å²) in [5.74, 6) is 1.62. The molecule has 2 aromatic rings. The molecule has 3 rings (SSSR count). The van der Waals surface area contributed by atoms with E-state index in [1.807, 2.05) is 24.3 Å². The van der Waals surface area contributed by atoms with Crippen molar-refractivity contribution in [1.29, 1.82) is 0 Å². The predicted octanol–water partition coefficient (Wildman–Crippen LogP) is 5.90. The van der Waals surface area contributed by atoms with Crippen molar-refractivity contribution in [1.82, 2.24) is 9.80 Å². The first kappa shape index (κ1) is 27.0. The van der Waals surface area contributed by atoms with Gasteiger partial charge >= 0.3 is 0 Å². The number of rotatable bonds is 16. The maximum atomic E-state index is 9.83. The molecule has 0 unspecified atom stereocenters. The Morgan fingerprint density at radius 2 is 1.06 bits per heavy atom. The highest BCUT2D eigenvalue weighted by atomic mass is 16.5. The molecular weight excluding hydrogens is 438 g/mol. The van der Waals surface area contributed by atoms with Gasteiger partial charge in [0.15, 0.2) is 0 Å². The maximum Gasteiger partial charge on any atom is 0.120 e. The fourth-order valence-electron chi connectivity index (χ4n) is 4.68. The van der Waals surface area contributed by atoms with E-state index >= 15 is 0 Å². The Hall–Kier alpha value is -2.57. The minimum Gasteiger partial charge on any atom is -0.494 e. The highest BCUT2D eigenvalue weighted by Gasteiger charge is 2.26. The molecule has 192 valence electrons. The molecule has 0 bridgehead atoms. The van der Waals surface area contributed by atoms with Gasteiger partial charge < -0.3 is 24.5 Å². The molecule has 2 aromatic carbocycles. The third-order valence-electron chi connectivity index (χ3n) is 6.95. The first-order chi connectivity index (χ1) is 17.1. The van der Waals surface area contributed by atoms with Crippen LogP contribution in [-0.4, -0.2) is 73.2 Å². The lowest BCUT2D eigenvalue weighted by atomic mass is 10.1. The van der Waals surface area contributed by atoms with Crippen molar-refractivity contribution in [2.75, 3.05) is 52.5 Å². The molecule has 1 N–H and O–H groups in total. The molecule has 0 saturated heterocycles. The van der Waals surface area contributed by atoms with Crippen LogP contribution in [0.15, 0.2) is 41.6 Å². The Labute approximate surface area is 211 Å². The van der Waals surface area contributed by atoms with Crippen LogP contribution in [0.2, 0.25) is 0 Å². The average molecular weight is 482 g/mol. The Morgan fingerprint density at radius 1 is 0.629 bits per heavy atom. The Balaban J connectivity index is 1.55. The predicted molar refractivity (Wildman–Crippen MR) is 144 cm³/mol. The van der Waals surface area contributed by atoms with E-state index in [2.05, 4.69) is 54.8 Å². The van der Waals surface area contributed by atoms with E-state index in [0.717, 1.165) is 98.7 Å². The van der Waals surface area contributed by atoms with Crippen molar-refractivity contribution in [3.05, 3.63) is 47.5 Å². The number of oxime groups is 1. The molecule has 0 heterocycles. The van der Waals surface area contributed by atoms with Crippen molar-refractivity contribution >= 4 is 5.71 Å². The van der Waals surface area contributed by atoms with Gasteiger partial charge in [0, 0.05) is 11.1 Å². The zero-order valence-electron chi connectivity index (χ0n) is 22.1. The monoisotopic (exact) mass is 481 g/mol. The van der Waals surface area contributed by atoms with Gasteiger partial charge in [0.05, 0.1) is 13.2 Å². The van der Waals surface area contributed by atoms with Gasteiger partial charge in [-0.15, -0.1) is 0 Å². The number of ether oxygens (including phenoxy) is 2. The molecule has 0 fully saturated rings. The van der Waals surface area contributed by atoms with E-state index in [4.69, 9.17) is 9.47 Å². The second-order valence-corrected chi connectivity index (χ2v) is 9.03. The van der Waals surface area contributed by atoms with Crippen molar-refractivity contribution < 1.29 is 14.7 Å². The molecule has 1 aliphatic rings. The summed E-state index contributed by atoms with van der Waals surface area (Å²) < 4.78 is 12.0. The maximum absolute atomic E-state index is 9.83. The van der Waals surface area contributed by atoms with Gasteiger partial charge in [0.1, 0.15) is 17.2 Å². The number of hydrogen-bond donors (Lipinski definition) is 1. The summed E-state index contributed by atoms with van der Waals surface area (Å²) in [6.07, 6.45) is 4.29. The van der Waals surface area contributed by atoms with Gasteiger partial charge in [0.25, 0.3) is 0 Å². The Bertz CT molecular complexity index is 879. The van der Waals surface area contributed by atoms with Gasteiger partial charge in [-0.05, 0) is 112 Å². The van der Waals surface area contributed by atoms with Crippen LogP contribution in [0.3, 0.4) is 0 Å². The lowest BCUT2D eigenvalue weighted by Crippen LogP contribution is -2.24. The lowest BCUT2D eigenvalue weighted by Gasteiger charge is -2.17. The molecule has 0 atom stereocenters. The van der Waals surface area contributed by atoms with E-state index in [9.17, 15) is 5.21 Å². The van der Waals surface area contributed by atoms with E-state index in [-0.39, 0.29) is 0 Å². The number of benzene rings is 2.